The summed E-state index contributed by atoms with van der Waals surface area (Å²) in [6.07, 6.45) is 3.62. The van der Waals surface area contributed by atoms with Crippen LogP contribution in [0.5, 0.6) is 5.75 Å². The van der Waals surface area contributed by atoms with Crippen molar-refractivity contribution in [3.05, 3.63) is 56.8 Å². The van der Waals surface area contributed by atoms with Gasteiger partial charge in [0.1, 0.15) is 5.75 Å². The number of ether oxygens (including phenoxy) is 1. The number of hydrogen-bond donors (Lipinski definition) is 0. The average Bonchev–Trinajstić information content (AvgIpc) is 3.11. The Morgan fingerprint density at radius 3 is 3.05 bits per heavy atom. The minimum absolute atomic E-state index is 0.184. The predicted octanol–water partition coefficient (Wildman–Crippen LogP) is 3.51. The summed E-state index contributed by atoms with van der Waals surface area (Å²) in [6, 6.07) is 6.08. The number of thiophene rings is 1. The summed E-state index contributed by atoms with van der Waals surface area (Å²) < 4.78 is 5.54. The molecule has 0 unspecified atom stereocenters. The molecule has 0 amide bonds. The van der Waals surface area contributed by atoms with Gasteiger partial charge in [-0.3, -0.25) is 4.79 Å². The fourth-order valence-electron chi connectivity index (χ4n) is 2.87. The van der Waals surface area contributed by atoms with Gasteiger partial charge < -0.3 is 4.74 Å². The van der Waals surface area contributed by atoms with Gasteiger partial charge in [0, 0.05) is 29.5 Å². The number of hydrogen-bond acceptors (Lipinski definition) is 3. The van der Waals surface area contributed by atoms with Gasteiger partial charge in [0.05, 0.1) is 6.61 Å². The molecular formula is C16H12O2S. The Kier molecular flexibility index (Phi) is 2.35. The summed E-state index contributed by atoms with van der Waals surface area (Å²) in [5, 5.41) is 4.10. The van der Waals surface area contributed by atoms with Gasteiger partial charge in [0.25, 0.3) is 0 Å². The van der Waals surface area contributed by atoms with Crippen LogP contribution in [0.25, 0.3) is 6.08 Å². The molecule has 0 radical (unpaired) electrons. The summed E-state index contributed by atoms with van der Waals surface area (Å²) in [6.45, 7) is 0.697. The molecule has 0 spiro atoms. The summed E-state index contributed by atoms with van der Waals surface area (Å²) in [5.74, 6) is 1.08. The maximum Gasteiger partial charge on any atom is 0.190 e. The fraction of sp³-hybridized carbons (Fsp3) is 0.188. The molecule has 1 aromatic carbocycles. The third kappa shape index (κ3) is 1.65. The summed E-state index contributed by atoms with van der Waals surface area (Å²) >= 11 is 1.65. The zero-order valence-electron chi connectivity index (χ0n) is 10.3. The molecule has 2 nitrogen and oxygen atoms in total. The van der Waals surface area contributed by atoms with Gasteiger partial charge in [-0.05, 0) is 40.1 Å². The molecule has 0 N–H and O–H groups in total. The van der Waals surface area contributed by atoms with Gasteiger partial charge in [-0.1, -0.05) is 6.07 Å². The number of carbonyl (C=O) groups is 1. The van der Waals surface area contributed by atoms with Gasteiger partial charge in [-0.15, -0.1) is 0 Å². The normalized spacial score (nSPS) is 18.5. The molecule has 0 atom stereocenters. The van der Waals surface area contributed by atoms with Crippen molar-refractivity contribution in [1.82, 2.24) is 0 Å². The van der Waals surface area contributed by atoms with Crippen molar-refractivity contribution in [3.8, 4) is 5.75 Å². The maximum absolute atomic E-state index is 12.6. The van der Waals surface area contributed by atoms with Crippen molar-refractivity contribution in [3.63, 3.8) is 0 Å². The van der Waals surface area contributed by atoms with Crippen molar-refractivity contribution in [2.24, 2.45) is 0 Å². The van der Waals surface area contributed by atoms with E-state index in [9.17, 15) is 4.79 Å². The highest BCUT2D eigenvalue weighted by Crippen LogP contribution is 2.37. The third-order valence-electron chi connectivity index (χ3n) is 3.75. The quantitative estimate of drug-likeness (QED) is 0.740. The summed E-state index contributed by atoms with van der Waals surface area (Å²) in [7, 11) is 0. The van der Waals surface area contributed by atoms with Gasteiger partial charge >= 0.3 is 0 Å². The van der Waals surface area contributed by atoms with E-state index < -0.39 is 0 Å². The number of Topliss-reactive ketones (excluding diaryl/α,β-unsaturated/α-hetero) is 1. The van der Waals surface area contributed by atoms with E-state index in [1.807, 2.05) is 29.7 Å². The van der Waals surface area contributed by atoms with Crippen LogP contribution in [-0.2, 0) is 12.8 Å². The lowest BCUT2D eigenvalue weighted by atomic mass is 10.0. The molecule has 1 aliphatic heterocycles. The van der Waals surface area contributed by atoms with E-state index in [1.54, 1.807) is 11.3 Å². The minimum Gasteiger partial charge on any atom is -0.493 e. The lowest BCUT2D eigenvalue weighted by molar-refractivity contribution is 0.104. The topological polar surface area (TPSA) is 26.3 Å². The van der Waals surface area contributed by atoms with E-state index in [0.717, 1.165) is 46.4 Å². The summed E-state index contributed by atoms with van der Waals surface area (Å²) in [5.41, 5.74) is 5.17. The van der Waals surface area contributed by atoms with E-state index in [-0.39, 0.29) is 5.78 Å². The monoisotopic (exact) mass is 268 g/mol. The van der Waals surface area contributed by atoms with Crippen LogP contribution in [-0.4, -0.2) is 12.4 Å². The van der Waals surface area contributed by atoms with Crippen LogP contribution < -0.4 is 4.74 Å². The SMILES string of the molecule is O=C1/C(=C/c2ccsc2)Cc2ccc3c(c21)CCO3. The van der Waals surface area contributed by atoms with Crippen LogP contribution in [0.2, 0.25) is 0 Å². The first-order valence-corrected chi connectivity index (χ1v) is 7.32. The van der Waals surface area contributed by atoms with E-state index in [0.29, 0.717) is 6.61 Å². The first kappa shape index (κ1) is 11.0. The maximum atomic E-state index is 12.6. The van der Waals surface area contributed by atoms with E-state index >= 15 is 0 Å². The first-order valence-electron chi connectivity index (χ1n) is 6.38. The fourth-order valence-corrected chi connectivity index (χ4v) is 3.49. The van der Waals surface area contributed by atoms with Crippen molar-refractivity contribution in [2.75, 3.05) is 6.61 Å². The van der Waals surface area contributed by atoms with Crippen LogP contribution >= 0.6 is 11.3 Å². The van der Waals surface area contributed by atoms with Gasteiger partial charge in [-0.2, -0.15) is 11.3 Å². The number of rotatable bonds is 1. The van der Waals surface area contributed by atoms with Crippen molar-refractivity contribution >= 4 is 23.2 Å². The summed E-state index contributed by atoms with van der Waals surface area (Å²) in [4.78, 5) is 12.6. The Labute approximate surface area is 115 Å². The number of carbonyl (C=O) groups excluding carboxylic acids is 1. The van der Waals surface area contributed by atoms with Gasteiger partial charge in [0.2, 0.25) is 0 Å². The van der Waals surface area contributed by atoms with Gasteiger partial charge in [-0.25, -0.2) is 0 Å². The van der Waals surface area contributed by atoms with Crippen LogP contribution in [0, 0.1) is 0 Å². The molecule has 4 rings (SSSR count). The lowest BCUT2D eigenvalue weighted by Gasteiger charge is -2.03. The lowest BCUT2D eigenvalue weighted by Crippen LogP contribution is -1.99. The third-order valence-corrected chi connectivity index (χ3v) is 4.45. The molecule has 0 saturated heterocycles. The van der Waals surface area contributed by atoms with Crippen molar-refractivity contribution in [2.45, 2.75) is 12.8 Å². The highest BCUT2D eigenvalue weighted by Gasteiger charge is 2.31. The number of allylic oxidation sites excluding steroid dienone is 1. The molecule has 19 heavy (non-hydrogen) atoms. The Bertz CT molecular complexity index is 696. The Morgan fingerprint density at radius 1 is 1.26 bits per heavy atom. The van der Waals surface area contributed by atoms with E-state index in [1.165, 1.54) is 0 Å². The molecule has 1 aliphatic carbocycles. The molecular weight excluding hydrogens is 256 g/mol. The molecule has 2 heterocycles. The molecule has 2 aromatic rings. The average molecular weight is 268 g/mol. The molecule has 1 aromatic heterocycles. The standard InChI is InChI=1S/C16H12O2S/c17-16-12(7-10-4-6-19-9-10)8-11-1-2-14-13(15(11)16)3-5-18-14/h1-2,4,6-7,9H,3,5,8H2/b12-7+. The zero-order valence-corrected chi connectivity index (χ0v) is 11.1. The second kappa shape index (κ2) is 4.07. The first-order chi connectivity index (χ1) is 9.33. The smallest absolute Gasteiger partial charge is 0.190 e. The van der Waals surface area contributed by atoms with Crippen molar-refractivity contribution in [1.29, 1.82) is 0 Å². The highest BCUT2D eigenvalue weighted by molar-refractivity contribution is 7.08. The zero-order chi connectivity index (χ0) is 12.8. The second-order valence-electron chi connectivity index (χ2n) is 4.91. The number of fused-ring (bicyclic) bond motifs is 3. The minimum atomic E-state index is 0.184. The van der Waals surface area contributed by atoms with Crippen LogP contribution in [0.4, 0.5) is 0 Å². The molecule has 0 bridgehead atoms. The van der Waals surface area contributed by atoms with Crippen LogP contribution in [0.1, 0.15) is 27.0 Å². The molecule has 0 fully saturated rings. The van der Waals surface area contributed by atoms with Crippen LogP contribution in [0.15, 0.2) is 34.5 Å². The second-order valence-corrected chi connectivity index (χ2v) is 5.69. The number of benzene rings is 1. The molecule has 0 saturated carbocycles. The van der Waals surface area contributed by atoms with Crippen molar-refractivity contribution < 1.29 is 9.53 Å². The predicted molar refractivity (Wildman–Crippen MR) is 76.0 cm³/mol. The number of ketones is 1. The van der Waals surface area contributed by atoms with E-state index in [2.05, 4.69) is 5.38 Å². The molecule has 94 valence electrons. The Hall–Kier alpha value is -1.87. The van der Waals surface area contributed by atoms with Crippen LogP contribution in [0.3, 0.4) is 0 Å². The largest absolute Gasteiger partial charge is 0.493 e. The van der Waals surface area contributed by atoms with E-state index in [4.69, 9.17) is 4.74 Å². The Morgan fingerprint density at radius 2 is 2.21 bits per heavy atom. The molecule has 3 heteroatoms. The molecule has 2 aliphatic rings. The van der Waals surface area contributed by atoms with Gasteiger partial charge in [0.15, 0.2) is 5.78 Å². The Balaban J connectivity index is 1.81. The highest BCUT2D eigenvalue weighted by atomic mass is 32.1.